The predicted octanol–water partition coefficient (Wildman–Crippen LogP) is 0.777. The van der Waals surface area contributed by atoms with Crippen molar-refractivity contribution in [2.45, 2.75) is 25.3 Å². The zero-order chi connectivity index (χ0) is 15.2. The number of nitrogen functional groups attached to an aromatic ring is 1. The molecule has 6 nitrogen and oxygen atoms in total. The van der Waals surface area contributed by atoms with Crippen LogP contribution in [0.25, 0.3) is 0 Å². The van der Waals surface area contributed by atoms with Crippen molar-refractivity contribution in [3.05, 3.63) is 17.7 Å². The van der Waals surface area contributed by atoms with Gasteiger partial charge in [0.25, 0.3) is 0 Å². The Bertz CT molecular complexity index is 700. The lowest BCUT2D eigenvalue weighted by Gasteiger charge is -2.29. The van der Waals surface area contributed by atoms with Gasteiger partial charge in [0.1, 0.15) is 0 Å². The maximum absolute atomic E-state index is 11.6. The predicted molar refractivity (Wildman–Crippen MR) is 83.3 cm³/mol. The lowest BCUT2D eigenvalue weighted by molar-refractivity contribution is -0.116. The molecule has 1 atom stereocenters. The van der Waals surface area contributed by atoms with Gasteiger partial charge in [-0.3, -0.25) is 4.79 Å². The van der Waals surface area contributed by atoms with Crippen LogP contribution in [-0.2, 0) is 21.1 Å². The molecular formula is C14H19N3O3S. The first-order valence-corrected chi connectivity index (χ1v) is 8.83. The normalized spacial score (nSPS) is 23.5. The van der Waals surface area contributed by atoms with E-state index < -0.39 is 9.84 Å². The highest BCUT2D eigenvalue weighted by Crippen LogP contribution is 2.35. The molecule has 3 N–H and O–H groups in total. The van der Waals surface area contributed by atoms with Gasteiger partial charge < -0.3 is 16.0 Å². The van der Waals surface area contributed by atoms with Gasteiger partial charge in [-0.25, -0.2) is 8.42 Å². The quantitative estimate of drug-likeness (QED) is 0.788. The molecule has 2 aliphatic heterocycles. The molecule has 0 saturated carbocycles. The van der Waals surface area contributed by atoms with Gasteiger partial charge in [0.2, 0.25) is 5.91 Å². The smallest absolute Gasteiger partial charge is 0.224 e. The number of fused-ring (bicyclic) bond motifs is 1. The number of rotatable bonds is 2. The van der Waals surface area contributed by atoms with Crippen LogP contribution in [0.1, 0.15) is 18.4 Å². The lowest BCUT2D eigenvalue weighted by Crippen LogP contribution is -2.33. The van der Waals surface area contributed by atoms with E-state index in [2.05, 4.69) is 5.32 Å². The minimum absolute atomic E-state index is 0.00400. The molecule has 1 aromatic rings. The molecule has 0 bridgehead atoms. The average molecular weight is 309 g/mol. The van der Waals surface area contributed by atoms with Gasteiger partial charge in [-0.2, -0.15) is 0 Å². The van der Waals surface area contributed by atoms with E-state index in [4.69, 9.17) is 5.73 Å². The zero-order valence-corrected chi connectivity index (χ0v) is 12.7. The first kappa shape index (κ1) is 14.2. The number of nitrogens with zero attached hydrogens (tertiary/aromatic N) is 1. The summed E-state index contributed by atoms with van der Waals surface area (Å²) in [6.45, 7) is 0. The number of carbonyl (C=O) groups excluding carboxylic acids is 1. The Balaban J connectivity index is 1.91. The second-order valence-electron chi connectivity index (χ2n) is 5.78. The molecule has 1 unspecified atom stereocenters. The summed E-state index contributed by atoms with van der Waals surface area (Å²) in [5.41, 5.74) is 9.32. The van der Waals surface area contributed by atoms with Gasteiger partial charge in [0, 0.05) is 25.2 Å². The Morgan fingerprint density at radius 2 is 2.10 bits per heavy atom. The Morgan fingerprint density at radius 1 is 1.33 bits per heavy atom. The second-order valence-corrected chi connectivity index (χ2v) is 8.01. The Hall–Kier alpha value is -1.76. The number of hydrogen-bond acceptors (Lipinski definition) is 5. The van der Waals surface area contributed by atoms with E-state index in [1.165, 1.54) is 0 Å². The number of nitrogens with two attached hydrogens (primary N) is 1. The summed E-state index contributed by atoms with van der Waals surface area (Å²) in [5, 5.41) is 2.85. The van der Waals surface area contributed by atoms with Crippen LogP contribution in [0.2, 0.25) is 0 Å². The van der Waals surface area contributed by atoms with E-state index in [-0.39, 0.29) is 23.5 Å². The number of benzene rings is 1. The van der Waals surface area contributed by atoms with E-state index in [1.807, 2.05) is 24.1 Å². The van der Waals surface area contributed by atoms with Crippen molar-refractivity contribution in [1.82, 2.24) is 0 Å². The summed E-state index contributed by atoms with van der Waals surface area (Å²) in [6, 6.07) is 3.67. The van der Waals surface area contributed by atoms with Gasteiger partial charge in [-0.15, -0.1) is 0 Å². The minimum atomic E-state index is -2.94. The van der Waals surface area contributed by atoms with Crippen molar-refractivity contribution in [2.24, 2.45) is 0 Å². The highest BCUT2D eigenvalue weighted by atomic mass is 32.2. The molecular weight excluding hydrogens is 290 g/mol. The van der Waals surface area contributed by atoms with Crippen molar-refractivity contribution in [2.75, 3.05) is 34.5 Å². The fourth-order valence-electron chi connectivity index (χ4n) is 3.02. The highest BCUT2D eigenvalue weighted by molar-refractivity contribution is 7.91. The van der Waals surface area contributed by atoms with Crippen molar-refractivity contribution in [1.29, 1.82) is 0 Å². The van der Waals surface area contributed by atoms with Gasteiger partial charge in [0.05, 0.1) is 22.9 Å². The van der Waals surface area contributed by atoms with Crippen LogP contribution in [0.5, 0.6) is 0 Å². The van der Waals surface area contributed by atoms with E-state index in [0.717, 1.165) is 16.9 Å². The van der Waals surface area contributed by atoms with Crippen LogP contribution in [0.4, 0.5) is 17.1 Å². The fraction of sp³-hybridized carbons (Fsp3) is 0.500. The van der Waals surface area contributed by atoms with Crippen LogP contribution in [0, 0.1) is 0 Å². The van der Waals surface area contributed by atoms with Gasteiger partial charge in [0.15, 0.2) is 9.84 Å². The maximum Gasteiger partial charge on any atom is 0.224 e. The van der Waals surface area contributed by atoms with Crippen molar-refractivity contribution in [3.63, 3.8) is 0 Å². The number of nitrogens with one attached hydrogen (secondary N) is 1. The molecule has 1 saturated heterocycles. The molecule has 114 valence electrons. The summed E-state index contributed by atoms with van der Waals surface area (Å²) < 4.78 is 23.2. The minimum Gasteiger partial charge on any atom is -0.397 e. The Labute approximate surface area is 124 Å². The largest absolute Gasteiger partial charge is 0.397 e. The SMILES string of the molecule is CN(c1cc2c(cc1N)CCC(=O)N2)C1CCS(=O)(=O)C1. The van der Waals surface area contributed by atoms with Crippen molar-refractivity contribution in [3.8, 4) is 0 Å². The molecule has 0 spiro atoms. The summed E-state index contributed by atoms with van der Waals surface area (Å²) in [5.74, 6) is 0.389. The third-order valence-electron chi connectivity index (χ3n) is 4.28. The average Bonchev–Trinajstić information content (AvgIpc) is 2.78. The molecule has 3 rings (SSSR count). The number of amides is 1. The molecule has 21 heavy (non-hydrogen) atoms. The van der Waals surface area contributed by atoms with E-state index in [1.54, 1.807) is 0 Å². The molecule has 0 aromatic heterocycles. The summed E-state index contributed by atoms with van der Waals surface area (Å²) in [6.07, 6.45) is 1.78. The van der Waals surface area contributed by atoms with Crippen molar-refractivity contribution >= 4 is 32.8 Å². The van der Waals surface area contributed by atoms with E-state index in [9.17, 15) is 13.2 Å². The number of sulfone groups is 1. The molecule has 2 aliphatic rings. The maximum atomic E-state index is 11.6. The topological polar surface area (TPSA) is 92.5 Å². The standard InChI is InChI=1S/C14H19N3O3S/c1-17(10-4-5-21(19,20)8-10)13-7-12-9(6-11(13)15)2-3-14(18)16-12/h6-7,10H,2-5,8,15H2,1H3,(H,16,18). The zero-order valence-electron chi connectivity index (χ0n) is 11.9. The highest BCUT2D eigenvalue weighted by Gasteiger charge is 2.31. The number of hydrogen-bond donors (Lipinski definition) is 2. The summed E-state index contributed by atoms with van der Waals surface area (Å²) in [7, 11) is -1.08. The van der Waals surface area contributed by atoms with Gasteiger partial charge in [-0.05, 0) is 30.5 Å². The molecule has 1 amide bonds. The molecule has 0 radical (unpaired) electrons. The van der Waals surface area contributed by atoms with E-state index in [0.29, 0.717) is 24.9 Å². The Kier molecular flexibility index (Phi) is 3.32. The number of carbonyl (C=O) groups is 1. The molecule has 1 aromatic carbocycles. The molecule has 2 heterocycles. The second kappa shape index (κ2) is 4.91. The fourth-order valence-corrected chi connectivity index (χ4v) is 4.79. The Morgan fingerprint density at radius 3 is 2.76 bits per heavy atom. The third kappa shape index (κ3) is 2.70. The molecule has 1 fully saturated rings. The first-order chi connectivity index (χ1) is 9.85. The van der Waals surface area contributed by atoms with Crippen LogP contribution < -0.4 is 16.0 Å². The van der Waals surface area contributed by atoms with Crippen LogP contribution in [0.15, 0.2) is 12.1 Å². The first-order valence-electron chi connectivity index (χ1n) is 7.01. The summed E-state index contributed by atoms with van der Waals surface area (Å²) in [4.78, 5) is 13.4. The monoisotopic (exact) mass is 309 g/mol. The van der Waals surface area contributed by atoms with E-state index >= 15 is 0 Å². The number of anilines is 3. The van der Waals surface area contributed by atoms with Crippen LogP contribution in [0.3, 0.4) is 0 Å². The van der Waals surface area contributed by atoms with Crippen LogP contribution in [-0.4, -0.2) is 38.9 Å². The van der Waals surface area contributed by atoms with Crippen molar-refractivity contribution < 1.29 is 13.2 Å². The lowest BCUT2D eigenvalue weighted by atomic mass is 10.0. The number of aryl methyl sites for hydroxylation is 1. The molecule has 0 aliphatic carbocycles. The summed E-state index contributed by atoms with van der Waals surface area (Å²) >= 11 is 0. The van der Waals surface area contributed by atoms with Crippen LogP contribution >= 0.6 is 0 Å². The van der Waals surface area contributed by atoms with Gasteiger partial charge in [-0.1, -0.05) is 0 Å². The third-order valence-corrected chi connectivity index (χ3v) is 6.03. The van der Waals surface area contributed by atoms with Gasteiger partial charge >= 0.3 is 0 Å². The molecule has 7 heteroatoms.